The van der Waals surface area contributed by atoms with Crippen molar-refractivity contribution in [3.63, 3.8) is 0 Å². The van der Waals surface area contributed by atoms with Crippen molar-refractivity contribution in [3.05, 3.63) is 6.42 Å². The summed E-state index contributed by atoms with van der Waals surface area (Å²) in [6.07, 6.45) is 1.20. The molecule has 0 amide bonds. The van der Waals surface area contributed by atoms with E-state index in [0.717, 1.165) is 0 Å². The Hall–Kier alpha value is -0.860. The molecule has 0 heterocycles. The number of esters is 1. The van der Waals surface area contributed by atoms with E-state index in [9.17, 15) is 9.59 Å². The molecule has 0 aromatic heterocycles. The standard InChI is InChI=1S/C6H9O3/c1-3-6(8)9-5(2)4-7/h3-5H,1-2H3. The monoisotopic (exact) mass is 129 g/mol. The lowest BCUT2D eigenvalue weighted by molar-refractivity contribution is -0.146. The zero-order valence-corrected chi connectivity index (χ0v) is 5.46. The summed E-state index contributed by atoms with van der Waals surface area (Å²) in [5, 5.41) is 0. The molecule has 0 aromatic carbocycles. The van der Waals surface area contributed by atoms with Crippen molar-refractivity contribution in [3.8, 4) is 0 Å². The van der Waals surface area contributed by atoms with E-state index in [0.29, 0.717) is 6.29 Å². The van der Waals surface area contributed by atoms with E-state index in [1.165, 1.54) is 13.3 Å². The number of hydrogen-bond donors (Lipinski definition) is 0. The topological polar surface area (TPSA) is 43.4 Å². The van der Waals surface area contributed by atoms with Crippen molar-refractivity contribution in [2.24, 2.45) is 0 Å². The number of hydrogen-bond acceptors (Lipinski definition) is 3. The Bertz CT molecular complexity index is 109. The smallest absolute Gasteiger partial charge is 0.310 e. The van der Waals surface area contributed by atoms with Gasteiger partial charge in [-0.15, -0.1) is 0 Å². The average Bonchev–Trinajstić information content (AvgIpc) is 1.87. The maximum absolute atomic E-state index is 10.3. The largest absolute Gasteiger partial charge is 0.455 e. The number of aldehydes is 1. The van der Waals surface area contributed by atoms with Gasteiger partial charge in [-0.1, -0.05) is 6.92 Å². The van der Waals surface area contributed by atoms with E-state index in [2.05, 4.69) is 4.74 Å². The minimum atomic E-state index is -0.631. The van der Waals surface area contributed by atoms with Crippen LogP contribution in [0.15, 0.2) is 0 Å². The quantitative estimate of drug-likeness (QED) is 0.407. The minimum Gasteiger partial charge on any atom is -0.455 e. The van der Waals surface area contributed by atoms with Crippen LogP contribution in [0.5, 0.6) is 0 Å². The fourth-order valence-corrected chi connectivity index (χ4v) is 0.279. The van der Waals surface area contributed by atoms with Gasteiger partial charge in [-0.25, -0.2) is 0 Å². The van der Waals surface area contributed by atoms with Gasteiger partial charge in [0.1, 0.15) is 0 Å². The van der Waals surface area contributed by atoms with Crippen LogP contribution in [0.2, 0.25) is 0 Å². The summed E-state index contributed by atoms with van der Waals surface area (Å²) < 4.78 is 4.49. The third kappa shape index (κ3) is 3.70. The van der Waals surface area contributed by atoms with Crippen LogP contribution in [0.25, 0.3) is 0 Å². The Kier molecular flexibility index (Phi) is 3.67. The zero-order valence-electron chi connectivity index (χ0n) is 5.46. The van der Waals surface area contributed by atoms with Crippen LogP contribution in [-0.2, 0) is 14.3 Å². The third-order valence-corrected chi connectivity index (χ3v) is 0.729. The Morgan fingerprint density at radius 3 is 2.56 bits per heavy atom. The molecular formula is C6H9O3. The number of rotatable bonds is 3. The van der Waals surface area contributed by atoms with Gasteiger partial charge >= 0.3 is 5.97 Å². The lowest BCUT2D eigenvalue weighted by Gasteiger charge is -2.02. The second-order valence-electron chi connectivity index (χ2n) is 1.57. The molecule has 0 N–H and O–H groups in total. The Morgan fingerprint density at radius 2 is 2.22 bits per heavy atom. The van der Waals surface area contributed by atoms with Gasteiger partial charge < -0.3 is 4.74 Å². The molecule has 0 spiro atoms. The van der Waals surface area contributed by atoms with Crippen molar-refractivity contribution in [2.75, 3.05) is 0 Å². The second-order valence-corrected chi connectivity index (χ2v) is 1.57. The lowest BCUT2D eigenvalue weighted by Crippen LogP contribution is -2.14. The van der Waals surface area contributed by atoms with E-state index >= 15 is 0 Å². The van der Waals surface area contributed by atoms with Gasteiger partial charge in [-0.05, 0) is 6.92 Å². The Morgan fingerprint density at radius 1 is 1.67 bits per heavy atom. The highest BCUT2D eigenvalue weighted by molar-refractivity contribution is 5.79. The van der Waals surface area contributed by atoms with Crippen molar-refractivity contribution < 1.29 is 14.3 Å². The van der Waals surface area contributed by atoms with Crippen LogP contribution < -0.4 is 0 Å². The van der Waals surface area contributed by atoms with Gasteiger partial charge in [0.2, 0.25) is 0 Å². The molecule has 0 aliphatic carbocycles. The average molecular weight is 129 g/mol. The summed E-state index contributed by atoms with van der Waals surface area (Å²) in [4.78, 5) is 20.2. The first kappa shape index (κ1) is 8.14. The van der Waals surface area contributed by atoms with Crippen LogP contribution in [0.1, 0.15) is 13.8 Å². The molecule has 51 valence electrons. The number of carbonyl (C=O) groups is 2. The van der Waals surface area contributed by atoms with Crippen LogP contribution in [0, 0.1) is 6.42 Å². The second kappa shape index (κ2) is 4.06. The van der Waals surface area contributed by atoms with Crippen LogP contribution in [0.3, 0.4) is 0 Å². The highest BCUT2D eigenvalue weighted by Gasteiger charge is 2.03. The van der Waals surface area contributed by atoms with Crippen LogP contribution in [0.4, 0.5) is 0 Å². The predicted octanol–water partition coefficient (Wildman–Crippen LogP) is 0.341. The molecule has 0 aliphatic heterocycles. The van der Waals surface area contributed by atoms with Crippen molar-refractivity contribution in [2.45, 2.75) is 20.0 Å². The van der Waals surface area contributed by atoms with E-state index in [-0.39, 0.29) is 0 Å². The summed E-state index contributed by atoms with van der Waals surface area (Å²) >= 11 is 0. The lowest BCUT2D eigenvalue weighted by atomic mass is 10.4. The molecule has 0 aromatic rings. The van der Waals surface area contributed by atoms with E-state index in [1.54, 1.807) is 6.92 Å². The van der Waals surface area contributed by atoms with E-state index in [4.69, 9.17) is 0 Å². The molecule has 1 radical (unpaired) electrons. The fraction of sp³-hybridized carbons (Fsp3) is 0.500. The number of carbonyl (C=O) groups excluding carboxylic acids is 2. The van der Waals surface area contributed by atoms with Crippen LogP contribution >= 0.6 is 0 Å². The van der Waals surface area contributed by atoms with Gasteiger partial charge in [0.25, 0.3) is 0 Å². The van der Waals surface area contributed by atoms with Crippen molar-refractivity contribution >= 4 is 12.3 Å². The first-order valence-corrected chi connectivity index (χ1v) is 2.66. The molecule has 1 unspecified atom stereocenters. The van der Waals surface area contributed by atoms with Gasteiger partial charge in [0.15, 0.2) is 12.4 Å². The molecule has 0 saturated heterocycles. The first-order chi connectivity index (χ1) is 4.20. The maximum atomic E-state index is 10.3. The molecule has 9 heavy (non-hydrogen) atoms. The molecular weight excluding hydrogens is 120 g/mol. The summed E-state index contributed by atoms with van der Waals surface area (Å²) in [6.45, 7) is 3.06. The van der Waals surface area contributed by atoms with Gasteiger partial charge in [0, 0.05) is 0 Å². The molecule has 3 heteroatoms. The highest BCUT2D eigenvalue weighted by atomic mass is 16.5. The van der Waals surface area contributed by atoms with E-state index < -0.39 is 12.1 Å². The highest BCUT2D eigenvalue weighted by Crippen LogP contribution is 1.88. The summed E-state index contributed by atoms with van der Waals surface area (Å²) in [7, 11) is 0. The first-order valence-electron chi connectivity index (χ1n) is 2.66. The van der Waals surface area contributed by atoms with Gasteiger partial charge in [-0.2, -0.15) is 0 Å². The molecule has 0 bridgehead atoms. The maximum Gasteiger partial charge on any atom is 0.310 e. The fourth-order valence-electron chi connectivity index (χ4n) is 0.279. The minimum absolute atomic E-state index is 0.463. The molecule has 0 saturated carbocycles. The van der Waals surface area contributed by atoms with Crippen LogP contribution in [-0.4, -0.2) is 18.4 Å². The molecule has 0 fully saturated rings. The predicted molar refractivity (Wildman–Crippen MR) is 31.6 cm³/mol. The van der Waals surface area contributed by atoms with Crippen molar-refractivity contribution in [1.82, 2.24) is 0 Å². The summed E-state index contributed by atoms with van der Waals surface area (Å²) in [6, 6.07) is 0. The Labute approximate surface area is 54.0 Å². The van der Waals surface area contributed by atoms with Crippen molar-refractivity contribution in [1.29, 1.82) is 0 Å². The van der Waals surface area contributed by atoms with E-state index in [1.807, 2.05) is 0 Å². The number of ether oxygens (including phenoxy) is 1. The summed E-state index contributed by atoms with van der Waals surface area (Å²) in [5.74, 6) is -0.463. The third-order valence-electron chi connectivity index (χ3n) is 0.729. The molecule has 0 aliphatic rings. The SMILES string of the molecule is C[CH]C(=O)OC(C)C=O. The van der Waals surface area contributed by atoms with Gasteiger partial charge in [0.05, 0.1) is 6.42 Å². The Balaban J connectivity index is 3.46. The molecule has 1 atom stereocenters. The normalized spacial score (nSPS) is 12.2. The molecule has 3 nitrogen and oxygen atoms in total. The van der Waals surface area contributed by atoms with Gasteiger partial charge in [-0.3, -0.25) is 9.59 Å². The molecule has 0 rings (SSSR count). The zero-order chi connectivity index (χ0) is 7.28. The summed E-state index contributed by atoms with van der Waals surface area (Å²) in [5.41, 5.74) is 0.